The molecule has 1 heterocycles. The first-order valence-corrected chi connectivity index (χ1v) is 8.45. The van der Waals surface area contributed by atoms with Crippen molar-refractivity contribution in [2.75, 3.05) is 45.9 Å². The van der Waals surface area contributed by atoms with E-state index in [2.05, 4.69) is 27.1 Å². The van der Waals surface area contributed by atoms with Gasteiger partial charge in [-0.15, -0.1) is 6.58 Å². The summed E-state index contributed by atoms with van der Waals surface area (Å²) in [5.41, 5.74) is 0.945. The Morgan fingerprint density at radius 1 is 1.42 bits per heavy atom. The summed E-state index contributed by atoms with van der Waals surface area (Å²) < 4.78 is 19.1. The largest absolute Gasteiger partial charge is 0.379 e. The van der Waals surface area contributed by atoms with Gasteiger partial charge in [-0.2, -0.15) is 0 Å². The first-order chi connectivity index (χ1) is 11.7. The van der Waals surface area contributed by atoms with E-state index in [0.29, 0.717) is 26.3 Å². The third-order valence-corrected chi connectivity index (χ3v) is 3.90. The molecule has 0 saturated carbocycles. The first kappa shape index (κ1) is 18.4. The zero-order valence-corrected chi connectivity index (χ0v) is 14.3. The lowest BCUT2D eigenvalue weighted by atomic mass is 10.0. The Kier molecular flexibility index (Phi) is 7.71. The van der Waals surface area contributed by atoms with Crippen LogP contribution >= 0.6 is 0 Å². The van der Waals surface area contributed by atoms with Crippen LogP contribution < -0.4 is 10.6 Å². The lowest BCUT2D eigenvalue weighted by Crippen LogP contribution is -2.41. The third-order valence-electron chi connectivity index (χ3n) is 3.90. The minimum atomic E-state index is -0.216. The van der Waals surface area contributed by atoms with Crippen molar-refractivity contribution in [3.63, 3.8) is 0 Å². The molecule has 1 unspecified atom stereocenters. The lowest BCUT2D eigenvalue weighted by molar-refractivity contribution is 0.0179. The summed E-state index contributed by atoms with van der Waals surface area (Å²) in [7, 11) is 0. The van der Waals surface area contributed by atoms with Gasteiger partial charge in [-0.1, -0.05) is 18.2 Å². The van der Waals surface area contributed by atoms with Crippen molar-refractivity contribution in [3.05, 3.63) is 48.3 Å². The number of aliphatic imine (C=N–C) groups is 1. The molecule has 0 amide bonds. The molecule has 1 aliphatic rings. The van der Waals surface area contributed by atoms with Crippen LogP contribution in [0.2, 0.25) is 0 Å². The Morgan fingerprint density at radius 3 is 2.88 bits per heavy atom. The van der Waals surface area contributed by atoms with Crippen molar-refractivity contribution in [2.45, 2.75) is 13.0 Å². The highest BCUT2D eigenvalue weighted by Crippen LogP contribution is 2.23. The van der Waals surface area contributed by atoms with Gasteiger partial charge in [-0.25, -0.2) is 4.39 Å². The molecule has 1 saturated heterocycles. The van der Waals surface area contributed by atoms with Crippen LogP contribution in [-0.2, 0) is 4.74 Å². The Bertz CT molecular complexity index is 544. The van der Waals surface area contributed by atoms with Crippen molar-refractivity contribution < 1.29 is 9.13 Å². The van der Waals surface area contributed by atoms with Crippen molar-refractivity contribution in [1.29, 1.82) is 0 Å². The van der Waals surface area contributed by atoms with Crippen LogP contribution in [0, 0.1) is 5.82 Å². The van der Waals surface area contributed by atoms with E-state index in [0.717, 1.165) is 31.2 Å². The highest BCUT2D eigenvalue weighted by molar-refractivity contribution is 5.79. The predicted molar refractivity (Wildman–Crippen MR) is 95.7 cm³/mol. The smallest absolute Gasteiger partial charge is 0.191 e. The molecule has 1 aromatic carbocycles. The molecule has 0 bridgehead atoms. The van der Waals surface area contributed by atoms with Gasteiger partial charge in [-0.05, 0) is 24.6 Å². The molecule has 0 spiro atoms. The van der Waals surface area contributed by atoms with Crippen molar-refractivity contribution in [3.8, 4) is 0 Å². The molecule has 5 nitrogen and oxygen atoms in total. The molecular weight excluding hydrogens is 307 g/mol. The minimum Gasteiger partial charge on any atom is -0.379 e. The van der Waals surface area contributed by atoms with E-state index in [-0.39, 0.29) is 11.9 Å². The van der Waals surface area contributed by atoms with Crippen LogP contribution in [0.5, 0.6) is 0 Å². The van der Waals surface area contributed by atoms with Crippen LogP contribution in [0.1, 0.15) is 18.5 Å². The molecular formula is C18H27FN4O. The fourth-order valence-corrected chi connectivity index (χ4v) is 2.72. The fourth-order valence-electron chi connectivity index (χ4n) is 2.72. The predicted octanol–water partition coefficient (Wildman–Crippen LogP) is 1.94. The van der Waals surface area contributed by atoms with Gasteiger partial charge in [0.25, 0.3) is 0 Å². The first-order valence-electron chi connectivity index (χ1n) is 8.45. The van der Waals surface area contributed by atoms with E-state index in [1.807, 2.05) is 13.0 Å². The molecule has 24 heavy (non-hydrogen) atoms. The van der Waals surface area contributed by atoms with Crippen LogP contribution in [0.15, 0.2) is 41.9 Å². The second-order valence-electron chi connectivity index (χ2n) is 5.61. The summed E-state index contributed by atoms with van der Waals surface area (Å²) in [6, 6.07) is 6.81. The van der Waals surface area contributed by atoms with Gasteiger partial charge in [0.1, 0.15) is 5.82 Å². The standard InChI is InChI=1S/C18H27FN4O/c1-3-8-21-18(20-4-2)22-14-17(23-9-11-24-12-10-23)15-6-5-7-16(19)13-15/h3,5-7,13,17H,1,4,8-12,14H2,2H3,(H2,20,21,22). The van der Waals surface area contributed by atoms with E-state index in [1.54, 1.807) is 18.2 Å². The highest BCUT2D eigenvalue weighted by Gasteiger charge is 2.23. The second kappa shape index (κ2) is 10.1. The highest BCUT2D eigenvalue weighted by atomic mass is 19.1. The number of halogens is 1. The molecule has 132 valence electrons. The van der Waals surface area contributed by atoms with E-state index >= 15 is 0 Å². The number of nitrogens with one attached hydrogen (secondary N) is 2. The van der Waals surface area contributed by atoms with Gasteiger partial charge in [0.05, 0.1) is 25.8 Å². The number of guanidine groups is 1. The van der Waals surface area contributed by atoms with Gasteiger partial charge in [-0.3, -0.25) is 9.89 Å². The summed E-state index contributed by atoms with van der Waals surface area (Å²) in [5.74, 6) is 0.526. The molecule has 1 aromatic rings. The van der Waals surface area contributed by atoms with E-state index < -0.39 is 0 Å². The lowest BCUT2D eigenvalue weighted by Gasteiger charge is -2.34. The molecule has 1 aliphatic heterocycles. The number of rotatable bonds is 7. The maximum Gasteiger partial charge on any atom is 0.191 e. The number of benzene rings is 1. The Hall–Kier alpha value is -1.92. The van der Waals surface area contributed by atoms with Crippen molar-refractivity contribution in [2.24, 2.45) is 4.99 Å². The Morgan fingerprint density at radius 2 is 2.21 bits per heavy atom. The van der Waals surface area contributed by atoms with Gasteiger partial charge in [0.15, 0.2) is 5.96 Å². The summed E-state index contributed by atoms with van der Waals surface area (Å²) in [6.45, 7) is 10.8. The van der Waals surface area contributed by atoms with E-state index in [1.165, 1.54) is 6.07 Å². The summed E-state index contributed by atoms with van der Waals surface area (Å²) in [4.78, 5) is 6.98. The molecule has 2 rings (SSSR count). The van der Waals surface area contributed by atoms with Crippen molar-refractivity contribution >= 4 is 5.96 Å². The second-order valence-corrected chi connectivity index (χ2v) is 5.61. The monoisotopic (exact) mass is 334 g/mol. The fraction of sp³-hybridized carbons (Fsp3) is 0.500. The molecule has 1 fully saturated rings. The Labute approximate surface area is 143 Å². The average molecular weight is 334 g/mol. The summed E-state index contributed by atoms with van der Waals surface area (Å²) >= 11 is 0. The summed E-state index contributed by atoms with van der Waals surface area (Å²) in [6.07, 6.45) is 1.79. The minimum absolute atomic E-state index is 0.0313. The molecule has 6 heteroatoms. The van der Waals surface area contributed by atoms with Crippen molar-refractivity contribution in [1.82, 2.24) is 15.5 Å². The number of hydrogen-bond donors (Lipinski definition) is 2. The van der Waals surface area contributed by atoms with Gasteiger partial charge in [0, 0.05) is 26.2 Å². The van der Waals surface area contributed by atoms with Crippen LogP contribution in [0.4, 0.5) is 4.39 Å². The number of hydrogen-bond acceptors (Lipinski definition) is 3. The maximum absolute atomic E-state index is 13.7. The van der Waals surface area contributed by atoms with Gasteiger partial charge in [0.2, 0.25) is 0 Å². The zero-order valence-electron chi connectivity index (χ0n) is 14.3. The van der Waals surface area contributed by atoms with E-state index in [9.17, 15) is 4.39 Å². The third kappa shape index (κ3) is 5.62. The maximum atomic E-state index is 13.7. The molecule has 2 N–H and O–H groups in total. The summed E-state index contributed by atoms with van der Waals surface area (Å²) in [5, 5.41) is 6.41. The van der Waals surface area contributed by atoms with Gasteiger partial charge >= 0.3 is 0 Å². The van der Waals surface area contributed by atoms with Crippen LogP contribution in [-0.4, -0.2) is 56.8 Å². The quantitative estimate of drug-likeness (QED) is 0.455. The van der Waals surface area contributed by atoms with Crippen LogP contribution in [0.25, 0.3) is 0 Å². The van der Waals surface area contributed by atoms with E-state index in [4.69, 9.17) is 4.74 Å². The topological polar surface area (TPSA) is 48.9 Å². The number of morpholine rings is 1. The van der Waals surface area contributed by atoms with Gasteiger partial charge < -0.3 is 15.4 Å². The number of ether oxygens (including phenoxy) is 1. The molecule has 1 atom stereocenters. The normalized spacial score (nSPS) is 17.3. The average Bonchev–Trinajstić information content (AvgIpc) is 2.61. The molecule has 0 aliphatic carbocycles. The number of nitrogens with zero attached hydrogens (tertiary/aromatic N) is 2. The zero-order chi connectivity index (χ0) is 17.2. The SMILES string of the molecule is C=CCNC(=NCC(c1cccc(F)c1)N1CCOCC1)NCC. The molecule has 0 radical (unpaired) electrons. The van der Waals surface area contributed by atoms with Crippen LogP contribution in [0.3, 0.4) is 0 Å². The molecule has 0 aromatic heterocycles. The Balaban J connectivity index is 2.16.